The van der Waals surface area contributed by atoms with Crippen LogP contribution in [0.1, 0.15) is 40.3 Å². The first kappa shape index (κ1) is 14.9. The average Bonchev–Trinajstić information content (AvgIpc) is 3.25. The molecule has 0 spiro atoms. The minimum Gasteiger partial charge on any atom is -0.451 e. The number of benzene rings is 1. The fourth-order valence-corrected chi connectivity index (χ4v) is 3.23. The summed E-state index contributed by atoms with van der Waals surface area (Å²) in [5.41, 5.74) is 1.46. The lowest BCUT2D eigenvalue weighted by atomic mass is 10.1. The van der Waals surface area contributed by atoms with Crippen LogP contribution in [-0.2, 0) is 0 Å². The van der Waals surface area contributed by atoms with Gasteiger partial charge in [0, 0.05) is 23.9 Å². The molecule has 0 aliphatic carbocycles. The number of aliphatic hydroxyl groups excluding tert-OH is 1. The van der Waals surface area contributed by atoms with Crippen molar-refractivity contribution in [1.29, 1.82) is 0 Å². The molecule has 2 aromatic heterocycles. The number of carbonyl (C=O) groups is 1. The van der Waals surface area contributed by atoms with Crippen LogP contribution in [-0.4, -0.2) is 38.7 Å². The number of β-amino-alcohol motifs (C(OH)–C–C–N with tert-alkyl or cyclic N) is 1. The van der Waals surface area contributed by atoms with Crippen molar-refractivity contribution in [2.45, 2.75) is 32.4 Å². The van der Waals surface area contributed by atoms with E-state index in [0.717, 1.165) is 10.9 Å². The summed E-state index contributed by atoms with van der Waals surface area (Å²) in [6.07, 6.45) is -0.261. The summed E-state index contributed by atoms with van der Waals surface area (Å²) in [6, 6.07) is 7.08. The second-order valence-electron chi connectivity index (χ2n) is 6.10. The molecule has 3 heterocycles. The van der Waals surface area contributed by atoms with Crippen molar-refractivity contribution in [2.75, 3.05) is 6.54 Å². The van der Waals surface area contributed by atoms with Crippen molar-refractivity contribution in [1.82, 2.24) is 15.0 Å². The Hall–Kier alpha value is -2.67. The van der Waals surface area contributed by atoms with Crippen LogP contribution in [0.15, 0.2) is 33.2 Å². The Morgan fingerprint density at radius 2 is 2.12 bits per heavy atom. The summed E-state index contributed by atoms with van der Waals surface area (Å²) in [5, 5.41) is 14.7. The number of amides is 1. The maximum atomic E-state index is 13.0. The number of nitrogens with zero attached hydrogens (tertiary/aromatic N) is 3. The quantitative estimate of drug-likeness (QED) is 0.777. The number of aryl methyl sites for hydroxylation is 2. The monoisotopic (exact) mass is 327 g/mol. The van der Waals surface area contributed by atoms with Gasteiger partial charge in [-0.15, -0.1) is 0 Å². The SMILES string of the molecule is Cc1noc([C@H]2C[C@@H](O)CN2C(=O)c2oc3ccccc3c2C)n1. The maximum absolute atomic E-state index is 13.0. The van der Waals surface area contributed by atoms with Crippen LogP contribution >= 0.6 is 0 Å². The lowest BCUT2D eigenvalue weighted by molar-refractivity contribution is 0.0663. The number of carbonyl (C=O) groups excluding carboxylic acids is 1. The van der Waals surface area contributed by atoms with Crippen molar-refractivity contribution in [3.8, 4) is 0 Å². The Balaban J connectivity index is 1.72. The van der Waals surface area contributed by atoms with Crippen molar-refractivity contribution in [3.05, 3.63) is 47.3 Å². The largest absolute Gasteiger partial charge is 0.451 e. The van der Waals surface area contributed by atoms with Crippen LogP contribution in [0.3, 0.4) is 0 Å². The van der Waals surface area contributed by atoms with Gasteiger partial charge in [0.2, 0.25) is 5.89 Å². The van der Waals surface area contributed by atoms with Crippen LogP contribution in [0, 0.1) is 13.8 Å². The number of aromatic nitrogens is 2. The van der Waals surface area contributed by atoms with Gasteiger partial charge in [-0.1, -0.05) is 23.4 Å². The Labute approximate surface area is 137 Å². The van der Waals surface area contributed by atoms with E-state index in [1.54, 1.807) is 11.8 Å². The Morgan fingerprint density at radius 3 is 2.83 bits per heavy atom. The molecule has 1 aliphatic heterocycles. The van der Waals surface area contributed by atoms with E-state index < -0.39 is 12.1 Å². The molecule has 0 unspecified atom stereocenters. The normalized spacial score (nSPS) is 20.9. The summed E-state index contributed by atoms with van der Waals surface area (Å²) < 4.78 is 11.0. The molecule has 4 rings (SSSR count). The first-order chi connectivity index (χ1) is 11.5. The molecule has 7 nitrogen and oxygen atoms in total. The highest BCUT2D eigenvalue weighted by Crippen LogP contribution is 2.34. The van der Waals surface area contributed by atoms with Crippen LogP contribution in [0.25, 0.3) is 11.0 Å². The molecule has 1 saturated heterocycles. The van der Waals surface area contributed by atoms with Gasteiger partial charge in [-0.2, -0.15) is 4.98 Å². The number of aliphatic hydroxyl groups is 1. The summed E-state index contributed by atoms with van der Waals surface area (Å²) in [4.78, 5) is 18.8. The molecule has 7 heteroatoms. The van der Waals surface area contributed by atoms with E-state index >= 15 is 0 Å². The number of rotatable bonds is 2. The zero-order valence-electron chi connectivity index (χ0n) is 13.4. The van der Waals surface area contributed by atoms with Gasteiger partial charge >= 0.3 is 0 Å². The fourth-order valence-electron chi connectivity index (χ4n) is 3.23. The summed E-state index contributed by atoms with van der Waals surface area (Å²) in [6.45, 7) is 3.78. The van der Waals surface area contributed by atoms with Gasteiger partial charge in [0.15, 0.2) is 11.6 Å². The highest BCUT2D eigenvalue weighted by molar-refractivity contribution is 5.99. The molecule has 2 atom stereocenters. The van der Waals surface area contributed by atoms with E-state index in [1.807, 2.05) is 31.2 Å². The van der Waals surface area contributed by atoms with Crippen LogP contribution < -0.4 is 0 Å². The topological polar surface area (TPSA) is 92.6 Å². The number of hydrogen-bond acceptors (Lipinski definition) is 6. The van der Waals surface area contributed by atoms with E-state index in [4.69, 9.17) is 8.94 Å². The predicted octanol–water partition coefficient (Wildman–Crippen LogP) is 2.38. The molecule has 3 aromatic rings. The van der Waals surface area contributed by atoms with Gasteiger partial charge < -0.3 is 18.9 Å². The van der Waals surface area contributed by atoms with Crippen LogP contribution in [0.5, 0.6) is 0 Å². The molecular formula is C17H17N3O4. The molecule has 0 bridgehead atoms. The first-order valence-corrected chi connectivity index (χ1v) is 7.82. The first-order valence-electron chi connectivity index (χ1n) is 7.82. The molecule has 24 heavy (non-hydrogen) atoms. The highest BCUT2D eigenvalue weighted by Gasteiger charge is 2.40. The Kier molecular flexibility index (Phi) is 3.38. The summed E-state index contributed by atoms with van der Waals surface area (Å²) in [7, 11) is 0. The summed E-state index contributed by atoms with van der Waals surface area (Å²) in [5.74, 6) is 0.845. The predicted molar refractivity (Wildman–Crippen MR) is 84.4 cm³/mol. The molecule has 0 radical (unpaired) electrons. The highest BCUT2D eigenvalue weighted by atomic mass is 16.5. The zero-order valence-corrected chi connectivity index (χ0v) is 13.4. The number of hydrogen-bond donors (Lipinski definition) is 1. The van der Waals surface area contributed by atoms with Crippen molar-refractivity contribution < 1.29 is 18.8 Å². The molecule has 1 aliphatic rings. The molecule has 1 N–H and O–H groups in total. The minimum absolute atomic E-state index is 0.210. The molecule has 1 aromatic carbocycles. The van der Waals surface area contributed by atoms with Gasteiger partial charge in [0.1, 0.15) is 11.6 Å². The lowest BCUT2D eigenvalue weighted by Crippen LogP contribution is -2.32. The van der Waals surface area contributed by atoms with Gasteiger partial charge in [-0.05, 0) is 19.9 Å². The van der Waals surface area contributed by atoms with E-state index in [-0.39, 0.29) is 18.2 Å². The van der Waals surface area contributed by atoms with Crippen LogP contribution in [0.4, 0.5) is 0 Å². The second-order valence-corrected chi connectivity index (χ2v) is 6.10. The number of para-hydroxylation sites is 1. The molecule has 124 valence electrons. The van der Waals surface area contributed by atoms with Gasteiger partial charge in [-0.3, -0.25) is 4.79 Å². The zero-order chi connectivity index (χ0) is 16.8. The number of fused-ring (bicyclic) bond motifs is 1. The fraction of sp³-hybridized carbons (Fsp3) is 0.353. The van der Waals surface area contributed by atoms with E-state index in [1.165, 1.54) is 0 Å². The minimum atomic E-state index is -0.629. The standard InChI is InChI=1S/C17H17N3O4/c1-9-12-5-3-4-6-14(12)23-15(9)17(22)20-8-11(21)7-13(20)16-18-10(2)19-24-16/h3-6,11,13,21H,7-8H2,1-2H3/t11-,13-/m1/s1. The van der Waals surface area contributed by atoms with Crippen molar-refractivity contribution in [3.63, 3.8) is 0 Å². The number of furan rings is 1. The van der Waals surface area contributed by atoms with E-state index in [9.17, 15) is 9.90 Å². The third kappa shape index (κ3) is 2.28. The lowest BCUT2D eigenvalue weighted by Gasteiger charge is -2.20. The molecular weight excluding hydrogens is 310 g/mol. The molecule has 1 amide bonds. The molecule has 1 fully saturated rings. The van der Waals surface area contributed by atoms with E-state index in [0.29, 0.717) is 23.7 Å². The maximum Gasteiger partial charge on any atom is 0.290 e. The Bertz CT molecular complexity index is 914. The van der Waals surface area contributed by atoms with Crippen LogP contribution in [0.2, 0.25) is 0 Å². The smallest absolute Gasteiger partial charge is 0.290 e. The van der Waals surface area contributed by atoms with Crippen molar-refractivity contribution in [2.24, 2.45) is 0 Å². The third-order valence-electron chi connectivity index (χ3n) is 4.41. The van der Waals surface area contributed by atoms with Gasteiger partial charge in [0.05, 0.1) is 6.10 Å². The van der Waals surface area contributed by atoms with Gasteiger partial charge in [-0.25, -0.2) is 0 Å². The molecule has 0 saturated carbocycles. The second kappa shape index (κ2) is 5.45. The average molecular weight is 327 g/mol. The van der Waals surface area contributed by atoms with Gasteiger partial charge in [0.25, 0.3) is 5.91 Å². The third-order valence-corrected chi connectivity index (χ3v) is 4.41. The number of likely N-dealkylation sites (tertiary alicyclic amines) is 1. The van der Waals surface area contributed by atoms with Crippen molar-refractivity contribution >= 4 is 16.9 Å². The van der Waals surface area contributed by atoms with E-state index in [2.05, 4.69) is 10.1 Å². The summed E-state index contributed by atoms with van der Waals surface area (Å²) >= 11 is 0. The Morgan fingerprint density at radius 1 is 1.33 bits per heavy atom.